The van der Waals surface area contributed by atoms with Crippen LogP contribution in [0.15, 0.2) is 66.3 Å². The van der Waals surface area contributed by atoms with E-state index >= 15 is 0 Å². The molecule has 1 fully saturated rings. The van der Waals surface area contributed by atoms with Crippen molar-refractivity contribution in [2.24, 2.45) is 0 Å². The number of hydrogen-bond acceptors (Lipinski definition) is 6. The van der Waals surface area contributed by atoms with Crippen LogP contribution >= 0.6 is 23.6 Å². The normalized spacial score (nSPS) is 17.3. The molecule has 0 spiro atoms. The lowest BCUT2D eigenvalue weighted by atomic mass is 9.96. The van der Waals surface area contributed by atoms with Gasteiger partial charge in [0.1, 0.15) is 6.61 Å². The Labute approximate surface area is 219 Å². The number of carbonyl (C=O) groups is 1. The largest absolute Gasteiger partial charge is 0.375 e. The van der Waals surface area contributed by atoms with E-state index in [-0.39, 0.29) is 24.6 Å². The van der Waals surface area contributed by atoms with Crippen LogP contribution in [0.2, 0.25) is 0 Å². The lowest BCUT2D eigenvalue weighted by molar-refractivity contribution is -0.119. The van der Waals surface area contributed by atoms with Gasteiger partial charge in [-0.25, -0.2) is 4.98 Å². The quantitative estimate of drug-likeness (QED) is 0.343. The number of pyridine rings is 1. The van der Waals surface area contributed by atoms with Crippen LogP contribution in [-0.2, 0) is 9.53 Å². The summed E-state index contributed by atoms with van der Waals surface area (Å²) in [6, 6.07) is 15.5. The number of aromatic nitrogens is 3. The van der Waals surface area contributed by atoms with Crippen LogP contribution in [0.1, 0.15) is 34.7 Å². The molecular formula is C26H26N6O2S2. The van der Waals surface area contributed by atoms with E-state index in [1.165, 1.54) is 7.11 Å². The summed E-state index contributed by atoms with van der Waals surface area (Å²) < 4.78 is 7.09. The fourth-order valence-corrected chi connectivity index (χ4v) is 5.79. The third-order valence-corrected chi connectivity index (χ3v) is 7.27. The summed E-state index contributed by atoms with van der Waals surface area (Å²) in [4.78, 5) is 23.2. The van der Waals surface area contributed by atoms with E-state index in [9.17, 15) is 4.79 Å². The predicted octanol–water partition coefficient (Wildman–Crippen LogP) is 4.71. The molecule has 2 N–H and O–H groups in total. The van der Waals surface area contributed by atoms with E-state index < -0.39 is 0 Å². The lowest BCUT2D eigenvalue weighted by Crippen LogP contribution is -2.29. The molecule has 10 heteroatoms. The smallest absolute Gasteiger partial charge is 0.250 e. The van der Waals surface area contributed by atoms with Crippen LogP contribution in [0.4, 0.5) is 11.4 Å². The van der Waals surface area contributed by atoms with Crippen LogP contribution in [0.25, 0.3) is 5.13 Å². The number of rotatable bonds is 7. The van der Waals surface area contributed by atoms with E-state index in [1.807, 2.05) is 54.0 Å². The number of nitrogens with zero attached hydrogens (tertiary/aromatic N) is 4. The van der Waals surface area contributed by atoms with Crippen LogP contribution in [-0.4, -0.2) is 39.3 Å². The van der Waals surface area contributed by atoms with E-state index in [0.717, 1.165) is 33.5 Å². The highest BCUT2D eigenvalue weighted by molar-refractivity contribution is 7.80. The third-order valence-electron chi connectivity index (χ3n) is 6.20. The van der Waals surface area contributed by atoms with E-state index in [4.69, 9.17) is 17.0 Å². The molecule has 8 nitrogen and oxygen atoms in total. The Morgan fingerprint density at radius 3 is 2.64 bits per heavy atom. The van der Waals surface area contributed by atoms with Gasteiger partial charge in [0.05, 0.1) is 17.8 Å². The van der Waals surface area contributed by atoms with Gasteiger partial charge in [-0.2, -0.15) is 0 Å². The fraction of sp³-hybridized carbons (Fsp3) is 0.231. The molecule has 0 radical (unpaired) electrons. The van der Waals surface area contributed by atoms with Gasteiger partial charge in [-0.05, 0) is 74.1 Å². The first-order chi connectivity index (χ1) is 17.5. The summed E-state index contributed by atoms with van der Waals surface area (Å²) in [6.07, 6.45) is 3.62. The maximum atomic E-state index is 11.9. The van der Waals surface area contributed by atoms with Crippen molar-refractivity contribution in [2.75, 3.05) is 23.9 Å². The molecule has 4 heterocycles. The minimum Gasteiger partial charge on any atom is -0.375 e. The number of anilines is 2. The third kappa shape index (κ3) is 4.50. The Bertz CT molecular complexity index is 1370. The highest BCUT2D eigenvalue weighted by Gasteiger charge is 2.42. The van der Waals surface area contributed by atoms with Gasteiger partial charge < -0.3 is 20.3 Å². The number of ether oxygens (including phenoxy) is 1. The first-order valence-corrected chi connectivity index (χ1v) is 12.7. The Morgan fingerprint density at radius 1 is 1.17 bits per heavy atom. The molecule has 5 rings (SSSR count). The van der Waals surface area contributed by atoms with Gasteiger partial charge in [0.2, 0.25) is 5.91 Å². The second kappa shape index (κ2) is 10.2. The average molecular weight is 519 g/mol. The molecule has 0 unspecified atom stereocenters. The van der Waals surface area contributed by atoms with Crippen molar-refractivity contribution >= 4 is 45.9 Å². The first kappa shape index (κ1) is 24.1. The average Bonchev–Trinajstić information content (AvgIpc) is 3.58. The fourth-order valence-electron chi connectivity index (χ4n) is 4.69. The summed E-state index contributed by atoms with van der Waals surface area (Å²) in [5.41, 5.74) is 5.87. The summed E-state index contributed by atoms with van der Waals surface area (Å²) in [7, 11) is 1.49. The SMILES string of the molecule is COCC(=O)Nc1ccc(N2C(=S)N[C@H](c3ccccn3)[C@H]2c2cc(C)n(-c3nccs3)c2C)cc1. The zero-order valence-corrected chi connectivity index (χ0v) is 21.8. The molecule has 1 aromatic carbocycles. The summed E-state index contributed by atoms with van der Waals surface area (Å²) in [5.74, 6) is -0.202. The molecule has 0 saturated carbocycles. The highest BCUT2D eigenvalue weighted by atomic mass is 32.1. The number of hydrogen-bond donors (Lipinski definition) is 2. The Balaban J connectivity index is 1.57. The minimum absolute atomic E-state index is 0.00439. The number of nitrogens with one attached hydrogen (secondary N) is 2. The van der Waals surface area contributed by atoms with Crippen molar-refractivity contribution in [3.63, 3.8) is 0 Å². The molecular weight excluding hydrogens is 492 g/mol. The second-order valence-corrected chi connectivity index (χ2v) is 9.76. The molecule has 0 bridgehead atoms. The molecule has 1 saturated heterocycles. The Kier molecular flexibility index (Phi) is 6.82. The zero-order chi connectivity index (χ0) is 25.2. The predicted molar refractivity (Wildman–Crippen MR) is 146 cm³/mol. The maximum absolute atomic E-state index is 11.9. The van der Waals surface area contributed by atoms with Gasteiger partial charge in [0.15, 0.2) is 10.2 Å². The summed E-state index contributed by atoms with van der Waals surface area (Å²) >= 11 is 7.47. The van der Waals surface area contributed by atoms with Gasteiger partial charge in [0.25, 0.3) is 0 Å². The van der Waals surface area contributed by atoms with Crippen molar-refractivity contribution in [2.45, 2.75) is 25.9 Å². The second-order valence-electron chi connectivity index (χ2n) is 8.50. The van der Waals surface area contributed by atoms with Crippen LogP contribution in [0.3, 0.4) is 0 Å². The van der Waals surface area contributed by atoms with Crippen molar-refractivity contribution in [1.82, 2.24) is 19.9 Å². The van der Waals surface area contributed by atoms with E-state index in [1.54, 1.807) is 17.5 Å². The molecule has 4 aromatic rings. The van der Waals surface area contributed by atoms with E-state index in [0.29, 0.717) is 10.8 Å². The van der Waals surface area contributed by atoms with Crippen LogP contribution in [0.5, 0.6) is 0 Å². The molecule has 0 aliphatic carbocycles. The highest BCUT2D eigenvalue weighted by Crippen LogP contribution is 2.44. The summed E-state index contributed by atoms with van der Waals surface area (Å²) in [5, 5.41) is 9.87. The number of methoxy groups -OCH3 is 1. The minimum atomic E-state index is -0.202. The number of carbonyl (C=O) groups excluding carboxylic acids is 1. The van der Waals surface area contributed by atoms with Gasteiger partial charge >= 0.3 is 0 Å². The molecule has 3 aromatic heterocycles. The first-order valence-electron chi connectivity index (χ1n) is 11.5. The number of benzene rings is 1. The maximum Gasteiger partial charge on any atom is 0.250 e. The Morgan fingerprint density at radius 2 is 1.97 bits per heavy atom. The number of thiazole rings is 1. The molecule has 36 heavy (non-hydrogen) atoms. The number of thiocarbonyl (C=S) groups is 1. The van der Waals surface area contributed by atoms with Gasteiger partial charge in [-0.1, -0.05) is 6.07 Å². The number of amides is 1. The van der Waals surface area contributed by atoms with Crippen LogP contribution in [0, 0.1) is 13.8 Å². The standard InChI is InChI=1S/C26H26N6O2S2/c1-16-14-20(17(2)31(16)26-28-12-13-36-26)24-23(21-6-4-5-11-27-21)30-25(35)32(24)19-9-7-18(8-10-19)29-22(33)15-34-3/h4-14,23-24H,15H2,1-3H3,(H,29,33)(H,30,35)/t23-,24-/m1/s1. The molecule has 1 aliphatic rings. The zero-order valence-electron chi connectivity index (χ0n) is 20.1. The van der Waals surface area contributed by atoms with Gasteiger partial charge in [-0.3, -0.25) is 14.3 Å². The topological polar surface area (TPSA) is 84.3 Å². The monoisotopic (exact) mass is 518 g/mol. The van der Waals surface area contributed by atoms with Crippen LogP contribution < -0.4 is 15.5 Å². The van der Waals surface area contributed by atoms with Crippen molar-refractivity contribution < 1.29 is 9.53 Å². The Hall–Kier alpha value is -3.60. The summed E-state index contributed by atoms with van der Waals surface area (Å²) in [6.45, 7) is 4.22. The van der Waals surface area contributed by atoms with Gasteiger partial charge in [-0.15, -0.1) is 11.3 Å². The molecule has 2 atom stereocenters. The lowest BCUT2D eigenvalue weighted by Gasteiger charge is -2.28. The molecule has 1 aliphatic heterocycles. The molecule has 184 valence electrons. The van der Waals surface area contributed by atoms with Crippen molar-refractivity contribution in [3.05, 3.63) is 88.9 Å². The van der Waals surface area contributed by atoms with Crippen molar-refractivity contribution in [3.8, 4) is 5.13 Å². The van der Waals surface area contributed by atoms with Crippen molar-refractivity contribution in [1.29, 1.82) is 0 Å². The number of aryl methyl sites for hydroxylation is 1. The van der Waals surface area contributed by atoms with E-state index in [2.05, 4.69) is 50.0 Å². The molecule has 1 amide bonds. The van der Waals surface area contributed by atoms with Gasteiger partial charge in [0, 0.05) is 47.6 Å².